The van der Waals surface area contributed by atoms with Crippen molar-refractivity contribution in [3.05, 3.63) is 72.3 Å². The molecule has 1 N–H and O–H groups in total. The van der Waals surface area contributed by atoms with E-state index < -0.39 is 5.82 Å². The van der Waals surface area contributed by atoms with Crippen LogP contribution in [0, 0.1) is 5.82 Å². The monoisotopic (exact) mass is 351 g/mol. The van der Waals surface area contributed by atoms with Gasteiger partial charge in [-0.25, -0.2) is 14.4 Å². The van der Waals surface area contributed by atoms with Crippen LogP contribution in [-0.2, 0) is 0 Å². The third-order valence-electron chi connectivity index (χ3n) is 3.65. The lowest BCUT2D eigenvalue weighted by molar-refractivity contribution is 0.622. The van der Waals surface area contributed by atoms with Crippen LogP contribution in [0.2, 0.25) is 5.15 Å². The number of pyridine rings is 4. The molecular formula is C18H11ClFN5. The molecule has 0 aliphatic heterocycles. The van der Waals surface area contributed by atoms with Crippen molar-refractivity contribution in [2.45, 2.75) is 0 Å². The Morgan fingerprint density at radius 3 is 2.72 bits per heavy atom. The molecule has 4 rings (SSSR count). The van der Waals surface area contributed by atoms with Gasteiger partial charge in [-0.3, -0.25) is 9.97 Å². The fourth-order valence-electron chi connectivity index (χ4n) is 2.57. The predicted octanol–water partition coefficient (Wildman–Crippen LogP) is 4.62. The van der Waals surface area contributed by atoms with Crippen LogP contribution >= 0.6 is 11.6 Å². The summed E-state index contributed by atoms with van der Waals surface area (Å²) in [6, 6.07) is 8.64. The van der Waals surface area contributed by atoms with Gasteiger partial charge in [0, 0.05) is 47.0 Å². The van der Waals surface area contributed by atoms with Crippen LogP contribution in [-0.4, -0.2) is 19.9 Å². The summed E-state index contributed by atoms with van der Waals surface area (Å²) in [7, 11) is 0. The van der Waals surface area contributed by atoms with E-state index >= 15 is 0 Å². The zero-order valence-corrected chi connectivity index (χ0v) is 13.6. The van der Waals surface area contributed by atoms with Crippen molar-refractivity contribution < 1.29 is 4.39 Å². The van der Waals surface area contributed by atoms with E-state index in [1.54, 1.807) is 36.9 Å². The molecule has 0 atom stereocenters. The standard InChI is InChI=1S/C18H11ClFN5/c19-16-7-13(3-5-22-16)25-18-17-14(2-1-4-23-17)15(10-24-18)11-6-12(20)9-21-8-11/h1-10H,(H,22,24,25). The Morgan fingerprint density at radius 1 is 0.960 bits per heavy atom. The van der Waals surface area contributed by atoms with Crippen LogP contribution in [0.4, 0.5) is 15.9 Å². The molecule has 0 radical (unpaired) electrons. The smallest absolute Gasteiger partial charge is 0.156 e. The summed E-state index contributed by atoms with van der Waals surface area (Å²) in [4.78, 5) is 16.7. The first-order valence-corrected chi connectivity index (χ1v) is 7.82. The van der Waals surface area contributed by atoms with E-state index in [4.69, 9.17) is 11.6 Å². The molecule has 0 aromatic carbocycles. The SMILES string of the molecule is Fc1cncc(-c2cnc(Nc3ccnc(Cl)c3)c3ncccc23)c1. The predicted molar refractivity (Wildman–Crippen MR) is 95.3 cm³/mol. The van der Waals surface area contributed by atoms with Crippen LogP contribution < -0.4 is 5.32 Å². The number of anilines is 2. The zero-order valence-electron chi connectivity index (χ0n) is 12.8. The van der Waals surface area contributed by atoms with E-state index in [1.165, 1.54) is 12.3 Å². The minimum atomic E-state index is -0.400. The van der Waals surface area contributed by atoms with Crippen LogP contribution in [0.5, 0.6) is 0 Å². The van der Waals surface area contributed by atoms with Crippen molar-refractivity contribution in [2.24, 2.45) is 0 Å². The van der Waals surface area contributed by atoms with Crippen molar-refractivity contribution in [3.8, 4) is 11.1 Å². The van der Waals surface area contributed by atoms with E-state index in [9.17, 15) is 4.39 Å². The molecule has 5 nitrogen and oxygen atoms in total. The summed E-state index contributed by atoms with van der Waals surface area (Å²) in [5.74, 6) is 0.175. The van der Waals surface area contributed by atoms with Gasteiger partial charge in [-0.15, -0.1) is 0 Å². The van der Waals surface area contributed by atoms with E-state index in [1.807, 2.05) is 12.1 Å². The van der Waals surface area contributed by atoms with Gasteiger partial charge in [0.1, 0.15) is 16.5 Å². The summed E-state index contributed by atoms with van der Waals surface area (Å²) >= 11 is 5.92. The average molecular weight is 352 g/mol. The van der Waals surface area contributed by atoms with Crippen molar-refractivity contribution in [1.82, 2.24) is 19.9 Å². The first-order chi connectivity index (χ1) is 12.2. The molecule has 7 heteroatoms. The Bertz CT molecular complexity index is 1070. The van der Waals surface area contributed by atoms with Crippen LogP contribution in [0.15, 0.2) is 61.3 Å². The number of halogens is 2. The molecule has 0 spiro atoms. The normalized spacial score (nSPS) is 10.8. The van der Waals surface area contributed by atoms with Gasteiger partial charge in [-0.2, -0.15) is 0 Å². The number of hydrogen-bond donors (Lipinski definition) is 1. The highest BCUT2D eigenvalue weighted by Gasteiger charge is 2.11. The van der Waals surface area contributed by atoms with Crippen LogP contribution in [0.25, 0.3) is 22.0 Å². The van der Waals surface area contributed by atoms with Crippen LogP contribution in [0.1, 0.15) is 0 Å². The molecule has 0 unspecified atom stereocenters. The minimum absolute atomic E-state index is 0.379. The second-order valence-corrected chi connectivity index (χ2v) is 5.69. The average Bonchev–Trinajstić information content (AvgIpc) is 2.62. The Morgan fingerprint density at radius 2 is 1.88 bits per heavy atom. The van der Waals surface area contributed by atoms with Crippen molar-refractivity contribution in [1.29, 1.82) is 0 Å². The Labute approximate surface area is 147 Å². The van der Waals surface area contributed by atoms with Crippen molar-refractivity contribution in [2.75, 3.05) is 5.32 Å². The van der Waals surface area contributed by atoms with E-state index in [2.05, 4.69) is 25.3 Å². The zero-order chi connectivity index (χ0) is 17.2. The molecule has 0 saturated carbocycles. The summed E-state index contributed by atoms with van der Waals surface area (Å²) in [5, 5.41) is 4.41. The topological polar surface area (TPSA) is 63.6 Å². The highest BCUT2D eigenvalue weighted by Crippen LogP contribution is 2.31. The summed E-state index contributed by atoms with van der Waals surface area (Å²) in [6.45, 7) is 0. The maximum absolute atomic E-state index is 13.5. The van der Waals surface area contributed by atoms with Gasteiger partial charge in [-0.05, 0) is 24.3 Å². The quantitative estimate of drug-likeness (QED) is 0.545. The van der Waals surface area contributed by atoms with Gasteiger partial charge in [0.25, 0.3) is 0 Å². The number of nitrogens with zero attached hydrogens (tertiary/aromatic N) is 4. The van der Waals surface area contributed by atoms with Gasteiger partial charge in [0.2, 0.25) is 0 Å². The third-order valence-corrected chi connectivity index (χ3v) is 3.86. The third kappa shape index (κ3) is 3.12. The number of hydrogen-bond acceptors (Lipinski definition) is 5. The molecule has 25 heavy (non-hydrogen) atoms. The molecule has 4 aromatic rings. The second-order valence-electron chi connectivity index (χ2n) is 5.30. The Balaban J connectivity index is 1.84. The lowest BCUT2D eigenvalue weighted by Crippen LogP contribution is -1.98. The number of fused-ring (bicyclic) bond motifs is 1. The van der Waals surface area contributed by atoms with Crippen molar-refractivity contribution >= 4 is 34.0 Å². The fraction of sp³-hybridized carbons (Fsp3) is 0. The largest absolute Gasteiger partial charge is 0.338 e. The van der Waals surface area contributed by atoms with Crippen LogP contribution in [0.3, 0.4) is 0 Å². The molecule has 0 amide bonds. The molecule has 0 aliphatic rings. The molecular weight excluding hydrogens is 341 g/mol. The van der Waals surface area contributed by atoms with Gasteiger partial charge in [-0.1, -0.05) is 17.7 Å². The molecule has 0 saturated heterocycles. The molecule has 4 heterocycles. The number of nitrogens with one attached hydrogen (secondary N) is 1. The lowest BCUT2D eigenvalue weighted by atomic mass is 10.0. The first kappa shape index (κ1) is 15.4. The molecule has 0 aliphatic carbocycles. The number of rotatable bonds is 3. The van der Waals surface area contributed by atoms with Crippen molar-refractivity contribution in [3.63, 3.8) is 0 Å². The number of aromatic nitrogens is 4. The maximum Gasteiger partial charge on any atom is 0.156 e. The van der Waals surface area contributed by atoms with E-state index in [-0.39, 0.29) is 0 Å². The highest BCUT2D eigenvalue weighted by atomic mass is 35.5. The van der Waals surface area contributed by atoms with Gasteiger partial charge >= 0.3 is 0 Å². The summed E-state index contributed by atoms with van der Waals surface area (Å²) < 4.78 is 13.5. The van der Waals surface area contributed by atoms with Gasteiger partial charge in [0.05, 0.1) is 6.20 Å². The molecule has 4 aromatic heterocycles. The second kappa shape index (κ2) is 6.41. The summed E-state index contributed by atoms with van der Waals surface area (Å²) in [5.41, 5.74) is 2.81. The molecule has 0 fully saturated rings. The Kier molecular flexibility index (Phi) is 3.95. The van der Waals surface area contributed by atoms with Gasteiger partial charge < -0.3 is 5.32 Å². The van der Waals surface area contributed by atoms with E-state index in [0.29, 0.717) is 22.1 Å². The minimum Gasteiger partial charge on any atom is -0.338 e. The molecule has 0 bridgehead atoms. The highest BCUT2D eigenvalue weighted by molar-refractivity contribution is 6.29. The first-order valence-electron chi connectivity index (χ1n) is 7.44. The summed E-state index contributed by atoms with van der Waals surface area (Å²) in [6.07, 6.45) is 7.73. The lowest BCUT2D eigenvalue weighted by Gasteiger charge is -2.11. The fourth-order valence-corrected chi connectivity index (χ4v) is 2.74. The van der Waals surface area contributed by atoms with E-state index in [0.717, 1.165) is 16.6 Å². The maximum atomic E-state index is 13.5. The van der Waals surface area contributed by atoms with Gasteiger partial charge in [0.15, 0.2) is 5.82 Å². The Hall–Kier alpha value is -3.12. The molecule has 122 valence electrons.